The number of methoxy groups -OCH3 is 3. The Bertz CT molecular complexity index is 2500. The fourth-order valence-corrected chi connectivity index (χ4v) is 13.5. The van der Waals surface area contributed by atoms with Gasteiger partial charge in [0.25, 0.3) is 0 Å². The highest BCUT2D eigenvalue weighted by Gasteiger charge is 2.80. The van der Waals surface area contributed by atoms with Crippen molar-refractivity contribution >= 4 is 44.9 Å². The normalized spacial score (nSPS) is 35.0. The van der Waals surface area contributed by atoms with Crippen LogP contribution in [0.3, 0.4) is 0 Å². The molecular formula is C46H60N4O13S. The lowest BCUT2D eigenvalue weighted by molar-refractivity contribution is -0.228. The number of fused-ring (bicyclic) bond motifs is 6. The van der Waals surface area contributed by atoms with Crippen molar-refractivity contribution in [2.24, 2.45) is 11.3 Å². The van der Waals surface area contributed by atoms with Crippen molar-refractivity contribution in [1.82, 2.24) is 14.8 Å². The average Bonchev–Trinajstić information content (AvgIpc) is 3.91. The Balaban J connectivity index is 0.00000106. The number of rotatable bonds is 7. The topological polar surface area (TPSA) is 229 Å². The van der Waals surface area contributed by atoms with E-state index in [1.165, 1.54) is 21.1 Å². The summed E-state index contributed by atoms with van der Waals surface area (Å²) in [5, 5.41) is 26.7. The first-order valence-corrected chi connectivity index (χ1v) is 23.3. The maximum absolute atomic E-state index is 15.3. The van der Waals surface area contributed by atoms with Crippen molar-refractivity contribution in [3.63, 3.8) is 0 Å². The van der Waals surface area contributed by atoms with Gasteiger partial charge in [-0.2, -0.15) is 8.42 Å². The summed E-state index contributed by atoms with van der Waals surface area (Å²) in [6.45, 7) is 8.38. The molecule has 9 rings (SSSR count). The number of nitrogens with zero attached hydrogens (tertiary/aromatic N) is 3. The fourth-order valence-electron chi connectivity index (χ4n) is 13.5. The molecule has 18 heteroatoms. The van der Waals surface area contributed by atoms with Gasteiger partial charge in [-0.3, -0.25) is 28.5 Å². The van der Waals surface area contributed by atoms with Gasteiger partial charge in [0.1, 0.15) is 11.2 Å². The standard InChI is InChI=1S/C46H58N4O9.H2O4S/c1-8-42(54)23-28-25-49(26-42)19-15-30-29-13-10-11-14-33(29)47-34(30)24-45(28,40(52)57-6)32-21-31-35(22-36(32)56-5)48(4)38-44(31)17-20-50-18-12-16-43(9-2,37(44)50)39(59-27(3)51)46(38,55)41(53)58-7;1-5(2,3)4/h10-14,16,21-22,28,37-39,47,54-55H,8-9,15,17-20,23-26H2,1-7H3;(H2,1,2,3,4)/t28?,37-,38+,39+,42-,43+,44+,45-,46-;/m0./s1. The van der Waals surface area contributed by atoms with Crippen LogP contribution >= 0.6 is 0 Å². The predicted molar refractivity (Wildman–Crippen MR) is 235 cm³/mol. The van der Waals surface area contributed by atoms with Crippen molar-refractivity contribution in [2.45, 2.75) is 99.5 Å². The number of ether oxygens (including phenoxy) is 4. The number of esters is 3. The second-order valence-corrected chi connectivity index (χ2v) is 19.5. The largest absolute Gasteiger partial charge is 0.496 e. The maximum atomic E-state index is 15.3. The Morgan fingerprint density at radius 1 is 0.953 bits per heavy atom. The van der Waals surface area contributed by atoms with E-state index in [0.29, 0.717) is 69.7 Å². The fraction of sp³-hybridized carbons (Fsp3) is 0.587. The summed E-state index contributed by atoms with van der Waals surface area (Å²) in [6.07, 6.45) is 5.76. The number of aromatic nitrogens is 1. The van der Waals surface area contributed by atoms with Crippen LogP contribution < -0.4 is 9.64 Å². The molecule has 10 atom stereocenters. The number of carbonyl (C=O) groups excluding carboxylic acids is 3. The third kappa shape index (κ3) is 6.69. The summed E-state index contributed by atoms with van der Waals surface area (Å²) < 4.78 is 55.5. The third-order valence-electron chi connectivity index (χ3n) is 15.8. The Kier molecular flexibility index (Phi) is 11.6. The molecule has 2 unspecified atom stereocenters. The molecule has 5 N–H and O–H groups in total. The molecule has 3 fully saturated rings. The SMILES string of the molecule is CC[C@]1(O)CC2CN(CCc3c([nH]c4ccccc34)C[C@@]2(C(=O)OC)c2cc3c(cc2OC)N(C)[C@H]2[C@@](O)(C(=O)OC)[C@H](OC(C)=O)[C@]4(CC)C=CCN5CC[C@]32[C@@H]54)C1.O=S(=O)(O)O. The van der Waals surface area contributed by atoms with Gasteiger partial charge in [-0.05, 0) is 67.8 Å². The molecule has 6 aliphatic rings. The Hall–Kier alpha value is -4.56. The van der Waals surface area contributed by atoms with Crippen molar-refractivity contribution < 1.29 is 61.1 Å². The number of aromatic amines is 1. The molecule has 1 spiro atoms. The van der Waals surface area contributed by atoms with Gasteiger partial charge < -0.3 is 39.0 Å². The van der Waals surface area contributed by atoms with E-state index in [4.69, 9.17) is 36.5 Å². The molecule has 2 saturated heterocycles. The molecular weight excluding hydrogens is 849 g/mol. The molecule has 1 aliphatic carbocycles. The average molecular weight is 909 g/mol. The molecule has 17 nitrogen and oxygen atoms in total. The quantitative estimate of drug-likeness (QED) is 0.0993. The number of para-hydroxylation sites is 1. The van der Waals surface area contributed by atoms with Gasteiger partial charge in [0.15, 0.2) is 6.10 Å². The highest BCUT2D eigenvalue weighted by Crippen LogP contribution is 2.68. The molecule has 0 radical (unpaired) electrons. The zero-order valence-corrected chi connectivity index (χ0v) is 38.2. The van der Waals surface area contributed by atoms with Crippen LogP contribution in [0.5, 0.6) is 5.75 Å². The van der Waals surface area contributed by atoms with Gasteiger partial charge in [-0.25, -0.2) is 4.79 Å². The Morgan fingerprint density at radius 3 is 2.30 bits per heavy atom. The lowest BCUT2D eigenvalue weighted by Gasteiger charge is -2.63. The summed E-state index contributed by atoms with van der Waals surface area (Å²) in [6, 6.07) is 11.1. The van der Waals surface area contributed by atoms with E-state index in [1.807, 2.05) is 44.0 Å². The van der Waals surface area contributed by atoms with E-state index in [-0.39, 0.29) is 12.5 Å². The first kappa shape index (κ1) is 46.0. The highest BCUT2D eigenvalue weighted by atomic mass is 32.3. The zero-order valence-electron chi connectivity index (χ0n) is 37.4. The van der Waals surface area contributed by atoms with E-state index in [0.717, 1.165) is 39.8 Å². The number of carbonyl (C=O) groups is 3. The molecule has 348 valence electrons. The molecule has 0 amide bonds. The van der Waals surface area contributed by atoms with Gasteiger partial charge in [0.2, 0.25) is 5.60 Å². The Morgan fingerprint density at radius 2 is 1.66 bits per heavy atom. The van der Waals surface area contributed by atoms with E-state index < -0.39 is 73.8 Å². The maximum Gasteiger partial charge on any atom is 0.394 e. The molecule has 2 aromatic carbocycles. The predicted octanol–water partition coefficient (Wildman–Crippen LogP) is 3.14. The lowest BCUT2D eigenvalue weighted by Crippen LogP contribution is -2.81. The van der Waals surface area contributed by atoms with Crippen molar-refractivity contribution in [1.29, 1.82) is 0 Å². The summed E-state index contributed by atoms with van der Waals surface area (Å²) in [4.78, 5) is 53.1. The summed E-state index contributed by atoms with van der Waals surface area (Å²) in [7, 11) is 1.49. The van der Waals surface area contributed by atoms with Gasteiger partial charge in [0, 0.05) is 97.4 Å². The number of nitrogens with one attached hydrogen (secondary N) is 1. The van der Waals surface area contributed by atoms with Crippen LogP contribution in [0.15, 0.2) is 48.6 Å². The van der Waals surface area contributed by atoms with E-state index in [1.54, 1.807) is 7.11 Å². The zero-order chi connectivity index (χ0) is 46.4. The van der Waals surface area contributed by atoms with E-state index >= 15 is 4.79 Å². The van der Waals surface area contributed by atoms with Crippen molar-refractivity contribution in [2.75, 3.05) is 66.0 Å². The van der Waals surface area contributed by atoms with Crippen LogP contribution in [0.25, 0.3) is 10.9 Å². The monoisotopic (exact) mass is 908 g/mol. The molecule has 2 bridgehead atoms. The smallest absolute Gasteiger partial charge is 0.394 e. The van der Waals surface area contributed by atoms with E-state index in [9.17, 15) is 19.8 Å². The lowest BCUT2D eigenvalue weighted by atomic mass is 9.47. The van der Waals surface area contributed by atoms with Gasteiger partial charge in [-0.1, -0.05) is 44.2 Å². The number of hydrogen-bond donors (Lipinski definition) is 5. The first-order chi connectivity index (χ1) is 30.2. The summed E-state index contributed by atoms with van der Waals surface area (Å²) >= 11 is 0. The molecule has 64 heavy (non-hydrogen) atoms. The van der Waals surface area contributed by atoms with Crippen LogP contribution in [-0.4, -0.2) is 151 Å². The first-order valence-electron chi connectivity index (χ1n) is 21.9. The van der Waals surface area contributed by atoms with E-state index in [2.05, 4.69) is 45.1 Å². The second-order valence-electron chi connectivity index (χ2n) is 18.6. The van der Waals surface area contributed by atoms with Crippen LogP contribution in [0, 0.1) is 11.3 Å². The van der Waals surface area contributed by atoms with Crippen LogP contribution in [-0.2, 0) is 62.7 Å². The number of H-pyrrole nitrogens is 1. The number of hydrogen-bond acceptors (Lipinski definition) is 14. The number of benzene rings is 2. The number of piperidine rings is 1. The summed E-state index contributed by atoms with van der Waals surface area (Å²) in [5.41, 5.74) is -1.27. The van der Waals surface area contributed by atoms with Gasteiger partial charge >= 0.3 is 28.3 Å². The minimum absolute atomic E-state index is 0.265. The van der Waals surface area contributed by atoms with Crippen molar-refractivity contribution in [3.05, 3.63) is 70.9 Å². The number of aliphatic hydroxyl groups is 2. The minimum Gasteiger partial charge on any atom is -0.496 e. The Labute approximate surface area is 373 Å². The summed E-state index contributed by atoms with van der Waals surface area (Å²) in [5.74, 6) is -1.84. The second kappa shape index (κ2) is 16.1. The minimum atomic E-state index is -4.67. The van der Waals surface area contributed by atoms with Gasteiger partial charge in [0.05, 0.1) is 33.0 Å². The van der Waals surface area contributed by atoms with Gasteiger partial charge in [-0.15, -0.1) is 0 Å². The van der Waals surface area contributed by atoms with Crippen LogP contribution in [0.2, 0.25) is 0 Å². The number of anilines is 1. The van der Waals surface area contributed by atoms with Crippen LogP contribution in [0.4, 0.5) is 5.69 Å². The van der Waals surface area contributed by atoms with Crippen molar-refractivity contribution in [3.8, 4) is 5.75 Å². The van der Waals surface area contributed by atoms with Crippen LogP contribution in [0.1, 0.15) is 68.8 Å². The third-order valence-corrected chi connectivity index (χ3v) is 15.8. The molecule has 3 aromatic rings. The molecule has 5 aliphatic heterocycles. The highest BCUT2D eigenvalue weighted by molar-refractivity contribution is 7.79. The molecule has 1 aromatic heterocycles. The molecule has 6 heterocycles. The molecule has 1 saturated carbocycles. The number of likely N-dealkylation sites (N-methyl/N-ethyl adjacent to an activating group) is 1.